The Kier molecular flexibility index (Phi) is 5.49. The number of aliphatic hydroxyl groups excluding tert-OH is 1. The summed E-state index contributed by atoms with van der Waals surface area (Å²) in [6.07, 6.45) is 3.98. The van der Waals surface area contributed by atoms with Gasteiger partial charge in [-0.15, -0.1) is 0 Å². The van der Waals surface area contributed by atoms with E-state index in [4.69, 9.17) is 5.11 Å². The third kappa shape index (κ3) is 4.77. The van der Waals surface area contributed by atoms with Gasteiger partial charge in [0.1, 0.15) is 0 Å². The van der Waals surface area contributed by atoms with Gasteiger partial charge in [0.2, 0.25) is 0 Å². The van der Waals surface area contributed by atoms with Crippen molar-refractivity contribution in [1.82, 2.24) is 15.1 Å². The lowest BCUT2D eigenvalue weighted by Gasteiger charge is -2.08. The van der Waals surface area contributed by atoms with Crippen molar-refractivity contribution in [2.24, 2.45) is 11.8 Å². The quantitative estimate of drug-likeness (QED) is 0.734. The largest absolute Gasteiger partial charge is 0.396 e. The summed E-state index contributed by atoms with van der Waals surface area (Å²) in [5, 5.41) is 16.5. The molecule has 0 saturated heterocycles. The van der Waals surface area contributed by atoms with Crippen LogP contribution in [0.4, 0.5) is 0 Å². The van der Waals surface area contributed by atoms with Crippen molar-refractivity contribution in [3.05, 3.63) is 18.0 Å². The molecule has 4 heteroatoms. The highest BCUT2D eigenvalue weighted by atomic mass is 16.3. The van der Waals surface area contributed by atoms with Crippen LogP contribution in [-0.4, -0.2) is 28.0 Å². The lowest BCUT2D eigenvalue weighted by atomic mass is 10.2. The Morgan fingerprint density at radius 2 is 2.19 bits per heavy atom. The van der Waals surface area contributed by atoms with Gasteiger partial charge in [-0.3, -0.25) is 4.68 Å². The summed E-state index contributed by atoms with van der Waals surface area (Å²) in [7, 11) is 0. The van der Waals surface area contributed by atoms with Crippen molar-refractivity contribution in [2.75, 3.05) is 13.2 Å². The molecule has 0 aliphatic rings. The minimum atomic E-state index is 0.236. The summed E-state index contributed by atoms with van der Waals surface area (Å²) >= 11 is 0. The molecule has 0 aliphatic heterocycles. The topological polar surface area (TPSA) is 50.1 Å². The first-order valence-electron chi connectivity index (χ1n) is 5.94. The fraction of sp³-hybridized carbons (Fsp3) is 0.750. The minimum Gasteiger partial charge on any atom is -0.396 e. The monoisotopic (exact) mass is 225 g/mol. The standard InChI is InChI=1S/C12H23N3O/c1-10(2)7-15-8-12(6-14-15)5-13-4-11(3)9-16/h6,8,10-11,13,16H,4-5,7,9H2,1-3H3. The predicted molar refractivity (Wildman–Crippen MR) is 65.0 cm³/mol. The van der Waals surface area contributed by atoms with E-state index in [2.05, 4.69) is 30.5 Å². The molecule has 0 bridgehead atoms. The average molecular weight is 225 g/mol. The second-order valence-electron chi connectivity index (χ2n) is 4.88. The van der Waals surface area contributed by atoms with Crippen LogP contribution in [0.3, 0.4) is 0 Å². The third-order valence-corrected chi connectivity index (χ3v) is 2.37. The van der Waals surface area contributed by atoms with Crippen molar-refractivity contribution in [1.29, 1.82) is 0 Å². The van der Waals surface area contributed by atoms with Crippen LogP contribution in [0.2, 0.25) is 0 Å². The third-order valence-electron chi connectivity index (χ3n) is 2.37. The molecule has 4 nitrogen and oxygen atoms in total. The van der Waals surface area contributed by atoms with Gasteiger partial charge < -0.3 is 10.4 Å². The zero-order chi connectivity index (χ0) is 12.0. The van der Waals surface area contributed by atoms with Crippen LogP contribution in [0.15, 0.2) is 12.4 Å². The maximum Gasteiger partial charge on any atom is 0.0534 e. The lowest BCUT2D eigenvalue weighted by molar-refractivity contribution is 0.233. The van der Waals surface area contributed by atoms with Gasteiger partial charge >= 0.3 is 0 Å². The van der Waals surface area contributed by atoms with E-state index in [-0.39, 0.29) is 6.61 Å². The number of rotatable bonds is 7. The normalized spacial score (nSPS) is 13.3. The number of aliphatic hydroxyl groups is 1. The minimum absolute atomic E-state index is 0.236. The maximum absolute atomic E-state index is 8.88. The molecule has 1 rings (SSSR count). The van der Waals surface area contributed by atoms with Crippen LogP contribution in [-0.2, 0) is 13.1 Å². The SMILES string of the molecule is CC(C)Cn1cc(CNCC(C)CO)cn1. The molecular formula is C12H23N3O. The molecule has 0 saturated carbocycles. The van der Waals surface area contributed by atoms with Crippen LogP contribution >= 0.6 is 0 Å². The van der Waals surface area contributed by atoms with Crippen LogP contribution in [0.5, 0.6) is 0 Å². The van der Waals surface area contributed by atoms with Crippen LogP contribution in [0, 0.1) is 11.8 Å². The second kappa shape index (κ2) is 6.66. The maximum atomic E-state index is 8.88. The molecule has 0 fully saturated rings. The molecule has 16 heavy (non-hydrogen) atoms. The summed E-state index contributed by atoms with van der Waals surface area (Å²) in [5.41, 5.74) is 1.20. The number of nitrogens with one attached hydrogen (secondary N) is 1. The van der Waals surface area contributed by atoms with Gasteiger partial charge in [-0.05, 0) is 11.8 Å². The Morgan fingerprint density at radius 3 is 2.81 bits per heavy atom. The van der Waals surface area contributed by atoms with E-state index in [9.17, 15) is 0 Å². The summed E-state index contributed by atoms with van der Waals surface area (Å²) < 4.78 is 1.98. The van der Waals surface area contributed by atoms with Gasteiger partial charge in [0.05, 0.1) is 6.20 Å². The summed E-state index contributed by atoms with van der Waals surface area (Å²) in [4.78, 5) is 0. The highest BCUT2D eigenvalue weighted by Gasteiger charge is 2.02. The van der Waals surface area contributed by atoms with Gasteiger partial charge in [0.25, 0.3) is 0 Å². The molecule has 1 aromatic rings. The molecule has 1 unspecified atom stereocenters. The fourth-order valence-electron chi connectivity index (χ4n) is 1.50. The smallest absolute Gasteiger partial charge is 0.0534 e. The first-order chi connectivity index (χ1) is 7.61. The molecule has 0 spiro atoms. The molecule has 1 atom stereocenters. The summed E-state index contributed by atoms with van der Waals surface area (Å²) in [5.74, 6) is 0.931. The summed E-state index contributed by atoms with van der Waals surface area (Å²) in [6, 6.07) is 0. The number of nitrogens with zero attached hydrogens (tertiary/aromatic N) is 2. The molecule has 2 N–H and O–H groups in total. The van der Waals surface area contributed by atoms with Crippen molar-refractivity contribution in [3.8, 4) is 0 Å². The van der Waals surface area contributed by atoms with Crippen molar-refractivity contribution in [3.63, 3.8) is 0 Å². The van der Waals surface area contributed by atoms with Gasteiger partial charge in [-0.1, -0.05) is 20.8 Å². The highest BCUT2D eigenvalue weighted by Crippen LogP contribution is 2.02. The number of hydrogen-bond acceptors (Lipinski definition) is 3. The van der Waals surface area contributed by atoms with Crippen LogP contribution in [0.25, 0.3) is 0 Å². The Labute approximate surface area is 97.7 Å². The van der Waals surface area contributed by atoms with Crippen molar-refractivity contribution in [2.45, 2.75) is 33.9 Å². The Bertz CT molecular complexity index is 296. The van der Waals surface area contributed by atoms with Crippen LogP contribution in [0.1, 0.15) is 26.3 Å². The Balaban J connectivity index is 2.29. The van der Waals surface area contributed by atoms with Gasteiger partial charge in [0.15, 0.2) is 0 Å². The zero-order valence-electron chi connectivity index (χ0n) is 10.5. The van der Waals surface area contributed by atoms with E-state index in [1.54, 1.807) is 0 Å². The molecule has 0 aliphatic carbocycles. The number of hydrogen-bond donors (Lipinski definition) is 2. The predicted octanol–water partition coefficient (Wildman–Crippen LogP) is 1.26. The zero-order valence-corrected chi connectivity index (χ0v) is 10.5. The van der Waals surface area contributed by atoms with Crippen molar-refractivity contribution >= 4 is 0 Å². The Morgan fingerprint density at radius 1 is 1.44 bits per heavy atom. The molecule has 1 heterocycles. The molecule has 0 aromatic carbocycles. The molecule has 92 valence electrons. The first kappa shape index (κ1) is 13.2. The second-order valence-corrected chi connectivity index (χ2v) is 4.88. The lowest BCUT2D eigenvalue weighted by Crippen LogP contribution is -2.22. The molecular weight excluding hydrogens is 202 g/mol. The molecule has 1 aromatic heterocycles. The van der Waals surface area contributed by atoms with E-state index in [0.717, 1.165) is 19.6 Å². The van der Waals surface area contributed by atoms with E-state index in [1.165, 1.54) is 5.56 Å². The molecule has 0 radical (unpaired) electrons. The highest BCUT2D eigenvalue weighted by molar-refractivity contribution is 5.03. The number of aromatic nitrogens is 2. The Hall–Kier alpha value is -0.870. The first-order valence-corrected chi connectivity index (χ1v) is 5.94. The van der Waals surface area contributed by atoms with Gasteiger partial charge in [0, 0.05) is 38.0 Å². The van der Waals surface area contributed by atoms with Gasteiger partial charge in [-0.25, -0.2) is 0 Å². The van der Waals surface area contributed by atoms with E-state index in [0.29, 0.717) is 11.8 Å². The fourth-order valence-corrected chi connectivity index (χ4v) is 1.50. The van der Waals surface area contributed by atoms with E-state index >= 15 is 0 Å². The average Bonchev–Trinajstić information content (AvgIpc) is 2.64. The van der Waals surface area contributed by atoms with E-state index in [1.807, 2.05) is 17.8 Å². The van der Waals surface area contributed by atoms with Crippen LogP contribution < -0.4 is 5.32 Å². The summed E-state index contributed by atoms with van der Waals surface area (Å²) in [6.45, 7) is 9.25. The molecule has 0 amide bonds. The van der Waals surface area contributed by atoms with Gasteiger partial charge in [-0.2, -0.15) is 5.10 Å². The van der Waals surface area contributed by atoms with E-state index < -0.39 is 0 Å². The van der Waals surface area contributed by atoms with Crippen molar-refractivity contribution < 1.29 is 5.11 Å².